The summed E-state index contributed by atoms with van der Waals surface area (Å²) in [5.74, 6) is 0.889. The quantitative estimate of drug-likeness (QED) is 0.754. The summed E-state index contributed by atoms with van der Waals surface area (Å²) in [7, 11) is 0. The lowest BCUT2D eigenvalue weighted by molar-refractivity contribution is 0.0988. The lowest BCUT2D eigenvalue weighted by Crippen LogP contribution is -1.99. The number of nitrogens with zero attached hydrogens (tertiary/aromatic N) is 1. The number of carbonyl (C=O) groups is 1. The van der Waals surface area contributed by atoms with Crippen molar-refractivity contribution in [3.63, 3.8) is 0 Å². The summed E-state index contributed by atoms with van der Waals surface area (Å²) in [6.07, 6.45) is 2.26. The van der Waals surface area contributed by atoms with Crippen LogP contribution in [0.25, 0.3) is 0 Å². The first-order valence-electron chi connectivity index (χ1n) is 5.95. The highest BCUT2D eigenvalue weighted by Gasteiger charge is 2.03. The zero-order valence-corrected chi connectivity index (χ0v) is 10.3. The van der Waals surface area contributed by atoms with Crippen molar-refractivity contribution in [1.82, 2.24) is 4.98 Å². The minimum absolute atomic E-state index is 0.145. The van der Waals surface area contributed by atoms with Gasteiger partial charge in [0.15, 0.2) is 5.78 Å². The summed E-state index contributed by atoms with van der Waals surface area (Å²) < 4.78 is 5.59. The van der Waals surface area contributed by atoms with E-state index in [1.54, 1.807) is 18.3 Å². The molecule has 1 aromatic heterocycles. The van der Waals surface area contributed by atoms with Crippen molar-refractivity contribution in [1.29, 1.82) is 0 Å². The maximum atomic E-state index is 11.5. The zero-order chi connectivity index (χ0) is 12.8. The number of ketones is 1. The zero-order valence-electron chi connectivity index (χ0n) is 10.3. The summed E-state index contributed by atoms with van der Waals surface area (Å²) in [4.78, 5) is 15.6. The number of hydrogen-bond acceptors (Lipinski definition) is 3. The fourth-order valence-corrected chi connectivity index (χ4v) is 1.58. The minimum Gasteiger partial charge on any atom is -0.487 e. The minimum atomic E-state index is 0.145. The average Bonchev–Trinajstić information content (AvgIpc) is 2.46. The molecule has 0 atom stereocenters. The predicted octanol–water partition coefficient (Wildman–Crippen LogP) is 3.25. The molecule has 0 aliphatic heterocycles. The predicted molar refractivity (Wildman–Crippen MR) is 69.6 cm³/mol. The lowest BCUT2D eigenvalue weighted by Gasteiger charge is -2.06. The number of carbonyl (C=O) groups excluding carboxylic acids is 1. The Kier molecular flexibility index (Phi) is 4.07. The molecule has 0 saturated carbocycles. The molecule has 0 unspecified atom stereocenters. The highest BCUT2D eigenvalue weighted by molar-refractivity contribution is 5.95. The average molecular weight is 241 g/mol. The molecule has 0 aliphatic carbocycles. The van der Waals surface area contributed by atoms with Crippen LogP contribution in [0.3, 0.4) is 0 Å². The van der Waals surface area contributed by atoms with Crippen molar-refractivity contribution in [2.45, 2.75) is 20.0 Å². The lowest BCUT2D eigenvalue weighted by atomic mass is 10.1. The van der Waals surface area contributed by atoms with Crippen molar-refractivity contribution >= 4 is 5.78 Å². The van der Waals surface area contributed by atoms with Gasteiger partial charge in [0.2, 0.25) is 0 Å². The molecule has 0 aliphatic rings. The summed E-state index contributed by atoms with van der Waals surface area (Å²) in [5.41, 5.74) is 1.61. The number of benzene rings is 1. The molecule has 0 spiro atoms. The van der Waals surface area contributed by atoms with Gasteiger partial charge in [0.05, 0.1) is 5.69 Å². The molecule has 92 valence electrons. The van der Waals surface area contributed by atoms with Gasteiger partial charge >= 0.3 is 0 Å². The molecule has 2 aromatic rings. The molecule has 0 N–H and O–H groups in total. The second kappa shape index (κ2) is 5.96. The van der Waals surface area contributed by atoms with E-state index in [0.717, 1.165) is 17.0 Å². The van der Waals surface area contributed by atoms with Gasteiger partial charge in [-0.15, -0.1) is 0 Å². The fourth-order valence-electron chi connectivity index (χ4n) is 1.58. The van der Waals surface area contributed by atoms with Crippen LogP contribution in [0.15, 0.2) is 48.7 Å². The van der Waals surface area contributed by atoms with Gasteiger partial charge in [-0.1, -0.05) is 13.0 Å². The van der Waals surface area contributed by atoms with E-state index in [-0.39, 0.29) is 5.78 Å². The number of ether oxygens (including phenoxy) is 1. The van der Waals surface area contributed by atoms with Crippen molar-refractivity contribution in [2.75, 3.05) is 0 Å². The fraction of sp³-hybridized carbons (Fsp3) is 0.200. The molecule has 1 aromatic carbocycles. The van der Waals surface area contributed by atoms with Crippen LogP contribution in [-0.2, 0) is 6.61 Å². The molecule has 0 radical (unpaired) electrons. The van der Waals surface area contributed by atoms with Gasteiger partial charge in [0.25, 0.3) is 0 Å². The monoisotopic (exact) mass is 241 g/mol. The van der Waals surface area contributed by atoms with E-state index in [0.29, 0.717) is 13.0 Å². The second-order valence-corrected chi connectivity index (χ2v) is 3.91. The third kappa shape index (κ3) is 3.17. The number of pyridine rings is 1. The van der Waals surface area contributed by atoms with E-state index in [4.69, 9.17) is 4.74 Å². The Morgan fingerprint density at radius 1 is 1.17 bits per heavy atom. The maximum Gasteiger partial charge on any atom is 0.162 e. The first kappa shape index (κ1) is 12.3. The molecule has 0 bridgehead atoms. The van der Waals surface area contributed by atoms with Gasteiger partial charge in [-0.05, 0) is 36.4 Å². The van der Waals surface area contributed by atoms with Crippen LogP contribution in [0.4, 0.5) is 0 Å². The number of hydrogen-bond donors (Lipinski definition) is 0. The molecule has 3 heteroatoms. The van der Waals surface area contributed by atoms with E-state index in [1.165, 1.54) is 0 Å². The second-order valence-electron chi connectivity index (χ2n) is 3.91. The Morgan fingerprint density at radius 2 is 1.94 bits per heavy atom. The molecule has 3 nitrogen and oxygen atoms in total. The van der Waals surface area contributed by atoms with Gasteiger partial charge in [-0.3, -0.25) is 9.78 Å². The van der Waals surface area contributed by atoms with Crippen LogP contribution in [0, 0.1) is 0 Å². The van der Waals surface area contributed by atoms with Crippen LogP contribution < -0.4 is 4.74 Å². The topological polar surface area (TPSA) is 39.2 Å². The Morgan fingerprint density at radius 3 is 2.56 bits per heavy atom. The normalized spacial score (nSPS) is 10.1. The van der Waals surface area contributed by atoms with Crippen molar-refractivity contribution in [2.24, 2.45) is 0 Å². The highest BCUT2D eigenvalue weighted by atomic mass is 16.5. The summed E-state index contributed by atoms with van der Waals surface area (Å²) in [5, 5.41) is 0. The van der Waals surface area contributed by atoms with E-state index in [2.05, 4.69) is 4.98 Å². The highest BCUT2D eigenvalue weighted by Crippen LogP contribution is 2.14. The molecular formula is C15H15NO2. The first-order chi connectivity index (χ1) is 8.79. The largest absolute Gasteiger partial charge is 0.487 e. The first-order valence-corrected chi connectivity index (χ1v) is 5.95. The van der Waals surface area contributed by atoms with E-state index in [1.807, 2.05) is 37.3 Å². The van der Waals surface area contributed by atoms with Gasteiger partial charge in [0, 0.05) is 18.2 Å². The van der Waals surface area contributed by atoms with Gasteiger partial charge in [-0.2, -0.15) is 0 Å². The van der Waals surface area contributed by atoms with E-state index in [9.17, 15) is 4.79 Å². The Balaban J connectivity index is 1.97. The number of Topliss-reactive ketones (excluding diaryl/α,β-unsaturated/α-hetero) is 1. The van der Waals surface area contributed by atoms with E-state index < -0.39 is 0 Å². The Bertz CT molecular complexity index is 506. The Labute approximate surface area is 106 Å². The van der Waals surface area contributed by atoms with Crippen molar-refractivity contribution in [3.05, 3.63) is 59.9 Å². The third-order valence-corrected chi connectivity index (χ3v) is 2.61. The molecule has 2 rings (SSSR count). The van der Waals surface area contributed by atoms with Crippen LogP contribution in [-0.4, -0.2) is 10.8 Å². The van der Waals surface area contributed by atoms with Crippen LogP contribution >= 0.6 is 0 Å². The molecule has 0 saturated heterocycles. The van der Waals surface area contributed by atoms with Gasteiger partial charge < -0.3 is 4.74 Å². The molecule has 1 heterocycles. The standard InChI is InChI=1S/C15H15NO2/c1-2-15(17)12-6-8-14(9-7-12)18-11-13-5-3-4-10-16-13/h3-10H,2,11H2,1H3. The third-order valence-electron chi connectivity index (χ3n) is 2.61. The van der Waals surface area contributed by atoms with Crippen LogP contribution in [0.2, 0.25) is 0 Å². The van der Waals surface area contributed by atoms with Gasteiger partial charge in [-0.25, -0.2) is 0 Å². The molecule has 0 amide bonds. The van der Waals surface area contributed by atoms with Crippen LogP contribution in [0.5, 0.6) is 5.75 Å². The smallest absolute Gasteiger partial charge is 0.162 e. The number of rotatable bonds is 5. The molecule has 18 heavy (non-hydrogen) atoms. The Hall–Kier alpha value is -2.16. The van der Waals surface area contributed by atoms with Crippen molar-refractivity contribution in [3.8, 4) is 5.75 Å². The van der Waals surface area contributed by atoms with Crippen LogP contribution in [0.1, 0.15) is 29.4 Å². The van der Waals surface area contributed by atoms with Gasteiger partial charge in [0.1, 0.15) is 12.4 Å². The number of aromatic nitrogens is 1. The molecular weight excluding hydrogens is 226 g/mol. The van der Waals surface area contributed by atoms with E-state index >= 15 is 0 Å². The maximum absolute atomic E-state index is 11.5. The summed E-state index contributed by atoms with van der Waals surface area (Å²) >= 11 is 0. The summed E-state index contributed by atoms with van der Waals surface area (Å²) in [6.45, 7) is 2.29. The molecule has 0 fully saturated rings. The van der Waals surface area contributed by atoms with Crippen molar-refractivity contribution < 1.29 is 9.53 Å². The summed E-state index contributed by atoms with van der Waals surface area (Å²) in [6, 6.07) is 12.9. The SMILES string of the molecule is CCC(=O)c1ccc(OCc2ccccn2)cc1.